The van der Waals surface area contributed by atoms with Crippen LogP contribution in [-0.2, 0) is 0 Å². The van der Waals surface area contributed by atoms with Gasteiger partial charge in [-0.1, -0.05) is 177 Å². The largest absolute Gasteiger partial charge is 0.382 e. The minimum Gasteiger partial charge on any atom is -0.382 e. The van der Waals surface area contributed by atoms with E-state index in [1.807, 2.05) is 55.5 Å². The molecule has 0 amide bonds. The Morgan fingerprint density at radius 3 is 2.04 bits per heavy atom. The minimum atomic E-state index is 0.818. The maximum Gasteiger partial charge on any atom is 0.0452 e. The Hall–Kier alpha value is -6.38. The number of anilines is 2. The zero-order chi connectivity index (χ0) is 36.1. The average Bonchev–Trinajstić information content (AvgIpc) is 3.19. The number of allylic oxidation sites excluding steroid dienone is 14. The van der Waals surface area contributed by atoms with Crippen LogP contribution in [0.15, 0.2) is 219 Å². The monoisotopic (exact) mass is 676 g/mol. The van der Waals surface area contributed by atoms with Gasteiger partial charge in [0.25, 0.3) is 0 Å². The van der Waals surface area contributed by atoms with Crippen molar-refractivity contribution in [3.05, 3.63) is 230 Å². The third-order valence-electron chi connectivity index (χ3n) is 8.37. The summed E-state index contributed by atoms with van der Waals surface area (Å²) in [5, 5.41) is 11.0. The molecular formula is C50H48N2. The molecule has 1 aliphatic rings. The van der Waals surface area contributed by atoms with E-state index >= 15 is 0 Å². The molecule has 0 atom stereocenters. The molecule has 0 bridgehead atoms. The van der Waals surface area contributed by atoms with Gasteiger partial charge in [-0.25, -0.2) is 0 Å². The zero-order valence-corrected chi connectivity index (χ0v) is 30.1. The second-order valence-electron chi connectivity index (χ2n) is 12.1. The van der Waals surface area contributed by atoms with Gasteiger partial charge in [0.1, 0.15) is 0 Å². The van der Waals surface area contributed by atoms with Gasteiger partial charge in [0.05, 0.1) is 0 Å². The highest BCUT2D eigenvalue weighted by atomic mass is 15.1. The molecule has 5 aromatic rings. The van der Waals surface area contributed by atoms with E-state index in [1.54, 1.807) is 6.08 Å². The van der Waals surface area contributed by atoms with E-state index in [2.05, 4.69) is 181 Å². The quantitative estimate of drug-likeness (QED) is 0.140. The fraction of sp³-hybridized carbons (Fsp3) is 0.0800. The topological polar surface area (TPSA) is 15.3 Å². The Labute approximate surface area is 309 Å². The molecule has 52 heavy (non-hydrogen) atoms. The molecular weight excluding hydrogens is 629 g/mol. The fourth-order valence-corrected chi connectivity index (χ4v) is 5.81. The number of nitrogens with one attached hydrogen (secondary N) is 1. The highest BCUT2D eigenvalue weighted by Crippen LogP contribution is 2.23. The number of rotatable bonds is 11. The normalized spacial score (nSPS) is 16.3. The van der Waals surface area contributed by atoms with Crippen LogP contribution in [0.5, 0.6) is 0 Å². The number of fused-ring (bicyclic) bond motifs is 3. The zero-order valence-electron chi connectivity index (χ0n) is 30.1. The summed E-state index contributed by atoms with van der Waals surface area (Å²) in [7, 11) is 0. The summed E-state index contributed by atoms with van der Waals surface area (Å²) in [4.78, 5) is 2.31. The summed E-state index contributed by atoms with van der Waals surface area (Å²) in [6.07, 6.45) is 39.0. The molecule has 0 spiro atoms. The van der Waals surface area contributed by atoms with E-state index < -0.39 is 0 Å². The SMILES string of the molecule is C/C=C\C=C/CNc1ccc2ccccc2c1.C=C\C=C/C=C/C=C\C=C\N(/C1=c2\cc3ccccc3c\c2=C\C/C=C\C=C/C1)c1ccccc1. The number of nitrogens with zero attached hydrogens (tertiary/aromatic N) is 1. The van der Waals surface area contributed by atoms with Gasteiger partial charge in [0, 0.05) is 41.5 Å². The van der Waals surface area contributed by atoms with Crippen LogP contribution in [0.25, 0.3) is 33.3 Å². The molecule has 5 aromatic carbocycles. The minimum absolute atomic E-state index is 0.818. The maximum atomic E-state index is 3.69. The van der Waals surface area contributed by atoms with E-state index in [0.717, 1.165) is 30.8 Å². The molecule has 0 radical (unpaired) electrons. The third-order valence-corrected chi connectivity index (χ3v) is 8.37. The van der Waals surface area contributed by atoms with Crippen molar-refractivity contribution in [2.75, 3.05) is 16.8 Å². The Bertz CT molecular complexity index is 2270. The van der Waals surface area contributed by atoms with Crippen molar-refractivity contribution >= 4 is 44.7 Å². The van der Waals surface area contributed by atoms with Gasteiger partial charge in [-0.15, -0.1) is 0 Å². The fourth-order valence-electron chi connectivity index (χ4n) is 5.81. The molecule has 0 saturated carbocycles. The van der Waals surface area contributed by atoms with Gasteiger partial charge in [0.15, 0.2) is 0 Å². The van der Waals surface area contributed by atoms with E-state index in [1.165, 1.54) is 37.7 Å². The van der Waals surface area contributed by atoms with Gasteiger partial charge in [-0.2, -0.15) is 0 Å². The number of benzene rings is 5. The lowest BCUT2D eigenvalue weighted by molar-refractivity contribution is 1.18. The summed E-state index contributed by atoms with van der Waals surface area (Å²) < 4.78 is 0. The van der Waals surface area contributed by atoms with Crippen molar-refractivity contribution in [2.45, 2.75) is 19.8 Å². The van der Waals surface area contributed by atoms with E-state index in [-0.39, 0.29) is 0 Å². The molecule has 2 heteroatoms. The van der Waals surface area contributed by atoms with Crippen LogP contribution in [0.3, 0.4) is 0 Å². The second-order valence-corrected chi connectivity index (χ2v) is 12.1. The first kappa shape index (κ1) is 36.9. The molecule has 0 fully saturated rings. The Morgan fingerprint density at radius 2 is 1.29 bits per heavy atom. The molecule has 6 rings (SSSR count). The predicted octanol–water partition coefficient (Wildman–Crippen LogP) is 11.9. The Morgan fingerprint density at radius 1 is 0.635 bits per heavy atom. The highest BCUT2D eigenvalue weighted by molar-refractivity contribution is 5.86. The first-order valence-corrected chi connectivity index (χ1v) is 17.9. The second kappa shape index (κ2) is 21.0. The van der Waals surface area contributed by atoms with Gasteiger partial charge >= 0.3 is 0 Å². The Kier molecular flexibility index (Phi) is 14.9. The average molecular weight is 677 g/mol. The maximum absolute atomic E-state index is 3.69. The van der Waals surface area contributed by atoms with Gasteiger partial charge in [0.2, 0.25) is 0 Å². The summed E-state index contributed by atoms with van der Waals surface area (Å²) >= 11 is 0. The van der Waals surface area contributed by atoms with Crippen LogP contribution in [0.1, 0.15) is 19.8 Å². The van der Waals surface area contributed by atoms with Gasteiger partial charge < -0.3 is 10.2 Å². The lowest BCUT2D eigenvalue weighted by Gasteiger charge is -2.24. The van der Waals surface area contributed by atoms with Gasteiger partial charge in [-0.05, 0) is 82.6 Å². The van der Waals surface area contributed by atoms with Crippen LogP contribution in [0, 0.1) is 0 Å². The van der Waals surface area contributed by atoms with Crippen LogP contribution in [-0.4, -0.2) is 6.54 Å². The predicted molar refractivity (Wildman–Crippen MR) is 231 cm³/mol. The molecule has 1 aliphatic carbocycles. The molecule has 2 nitrogen and oxygen atoms in total. The van der Waals surface area contributed by atoms with Crippen molar-refractivity contribution < 1.29 is 0 Å². The van der Waals surface area contributed by atoms with Crippen LogP contribution >= 0.6 is 0 Å². The smallest absolute Gasteiger partial charge is 0.0452 e. The molecule has 0 unspecified atom stereocenters. The number of hydrogen-bond acceptors (Lipinski definition) is 2. The highest BCUT2D eigenvalue weighted by Gasteiger charge is 2.11. The van der Waals surface area contributed by atoms with Crippen molar-refractivity contribution in [3.8, 4) is 0 Å². The lowest BCUT2D eigenvalue weighted by atomic mass is 10.0. The van der Waals surface area contributed by atoms with Crippen molar-refractivity contribution in [1.82, 2.24) is 0 Å². The van der Waals surface area contributed by atoms with Crippen LogP contribution < -0.4 is 20.7 Å². The van der Waals surface area contributed by atoms with E-state index in [0.29, 0.717) is 0 Å². The summed E-state index contributed by atoms with van der Waals surface area (Å²) in [5.74, 6) is 0. The molecule has 0 saturated heterocycles. The first-order valence-electron chi connectivity index (χ1n) is 17.9. The molecule has 0 aliphatic heterocycles. The summed E-state index contributed by atoms with van der Waals surface area (Å²) in [6.45, 7) is 6.55. The molecule has 1 N–H and O–H groups in total. The molecule has 258 valence electrons. The van der Waals surface area contributed by atoms with Crippen molar-refractivity contribution in [2.24, 2.45) is 0 Å². The van der Waals surface area contributed by atoms with Crippen LogP contribution in [0.4, 0.5) is 11.4 Å². The van der Waals surface area contributed by atoms with Gasteiger partial charge in [-0.3, -0.25) is 0 Å². The summed E-state index contributed by atoms with van der Waals surface area (Å²) in [6, 6.07) is 38.7. The van der Waals surface area contributed by atoms with E-state index in [4.69, 9.17) is 0 Å². The first-order chi connectivity index (χ1) is 25.8. The van der Waals surface area contributed by atoms with Crippen molar-refractivity contribution in [3.63, 3.8) is 0 Å². The number of hydrogen-bond donors (Lipinski definition) is 1. The number of para-hydroxylation sites is 1. The van der Waals surface area contributed by atoms with E-state index in [9.17, 15) is 0 Å². The Balaban J connectivity index is 0.000000257. The lowest BCUT2D eigenvalue weighted by Crippen LogP contribution is -2.32. The molecule has 0 heterocycles. The third kappa shape index (κ3) is 11.3. The van der Waals surface area contributed by atoms with Crippen molar-refractivity contribution in [1.29, 1.82) is 0 Å². The summed E-state index contributed by atoms with van der Waals surface area (Å²) in [5.41, 5.74) is 3.54. The van der Waals surface area contributed by atoms with Crippen LogP contribution in [0.2, 0.25) is 0 Å². The standard InChI is InChI=1S/C34H31N.C16H17N/c1-2-3-4-5-6-7-11-19-26-35(32-23-14-12-15-24-32)34-25-16-10-8-9-13-22-31-27-29-20-17-18-21-30(29)28-33(31)34;1-2-3-4-7-12-17-16-11-10-14-8-5-6-9-15(14)13-16/h2-12,14-24,26-28H,1,13,25H2;2-11,13,17H,12H2,1H3/b4-3-,6-5+,9-8-,11-7-,16-10-,26-19+,31-22-,34-33+;3-2-,7-4-. The molecule has 0 aromatic heterocycles.